The van der Waals surface area contributed by atoms with E-state index in [1.54, 1.807) is 6.92 Å². The lowest BCUT2D eigenvalue weighted by Gasteiger charge is -2.38. The van der Waals surface area contributed by atoms with Gasteiger partial charge in [0.2, 0.25) is 0 Å². The Labute approximate surface area is 184 Å². The van der Waals surface area contributed by atoms with E-state index in [0.29, 0.717) is 5.56 Å². The molecule has 1 N–H and O–H groups in total. The fourth-order valence-electron chi connectivity index (χ4n) is 3.88. The van der Waals surface area contributed by atoms with Crippen molar-refractivity contribution >= 4 is 8.53 Å². The first-order chi connectivity index (χ1) is 15.1. The quantitative estimate of drug-likeness (QED) is 0.445. The number of nitriles is 1. The lowest BCUT2D eigenvalue weighted by Crippen LogP contribution is -2.41. The summed E-state index contributed by atoms with van der Waals surface area (Å²) in [5.41, 5.74) is -1.78. The number of hydrogen-bond acceptors (Lipinski definition) is 8. The maximum absolute atomic E-state index is 12.5. The monoisotopic (exact) mass is 455 g/mol. The number of hydrogen-bond donors (Lipinski definition) is 1. The molecule has 2 saturated heterocycles. The van der Waals surface area contributed by atoms with E-state index in [9.17, 15) is 9.59 Å². The maximum Gasteiger partial charge on any atom is 0.330 e. The number of fused-ring (bicyclic) bond motifs is 2. The topological polar surface area (TPSA) is 119 Å². The third-order valence-corrected chi connectivity index (χ3v) is 7.37. The number of ether oxygens (including phenoxy) is 2. The normalized spacial score (nSPS) is 29.0. The molecule has 5 atom stereocenters. The molecule has 31 heavy (non-hydrogen) atoms. The van der Waals surface area contributed by atoms with E-state index in [0.717, 1.165) is 0 Å². The van der Waals surface area contributed by atoms with Crippen molar-refractivity contribution in [1.82, 2.24) is 14.2 Å². The van der Waals surface area contributed by atoms with Crippen LogP contribution in [0.4, 0.5) is 0 Å². The molecule has 0 saturated carbocycles. The Bertz CT molecular complexity index is 955. The molecular weight excluding hydrogens is 423 g/mol. The number of aryl methyl sites for hydroxylation is 1. The smallest absolute Gasteiger partial charge is 0.330 e. The van der Waals surface area contributed by atoms with Crippen LogP contribution < -0.4 is 11.2 Å². The highest BCUT2D eigenvalue weighted by Crippen LogP contribution is 2.54. The van der Waals surface area contributed by atoms with Gasteiger partial charge in [-0.2, -0.15) is 5.26 Å². The second-order valence-electron chi connectivity index (χ2n) is 8.40. The third kappa shape index (κ3) is 4.77. The first-order valence-corrected chi connectivity index (χ1v) is 11.4. The molecule has 172 valence electrons. The second kappa shape index (κ2) is 9.49. The molecule has 3 heterocycles. The van der Waals surface area contributed by atoms with Crippen LogP contribution in [0.3, 0.4) is 0 Å². The minimum absolute atomic E-state index is 0.108. The molecule has 1 aromatic rings. The van der Waals surface area contributed by atoms with Gasteiger partial charge < -0.3 is 18.5 Å². The lowest BCUT2D eigenvalue weighted by molar-refractivity contribution is -0.167. The van der Waals surface area contributed by atoms with Crippen LogP contribution in [0.2, 0.25) is 0 Å². The van der Waals surface area contributed by atoms with Crippen LogP contribution in [0.1, 0.15) is 54.2 Å². The Morgan fingerprint density at radius 2 is 2.16 bits per heavy atom. The summed E-state index contributed by atoms with van der Waals surface area (Å²) in [7, 11) is -1.59. The van der Waals surface area contributed by atoms with Crippen molar-refractivity contribution < 1.29 is 19.9 Å². The van der Waals surface area contributed by atoms with Gasteiger partial charge in [-0.15, -0.1) is 0 Å². The van der Waals surface area contributed by atoms with Crippen LogP contribution in [-0.2, 0) is 18.5 Å². The zero-order valence-electron chi connectivity index (χ0n) is 19.5. The summed E-state index contributed by atoms with van der Waals surface area (Å²) in [6, 6.07) is 2.29. The van der Waals surface area contributed by atoms with Gasteiger partial charge >= 0.3 is 5.69 Å². The average molecular weight is 455 g/mol. The standard InChI is InChI=1S/C20H31N4O6P/c1-12(2)24(13(3)4)31(28-9-7-8-21)30-16-15-18(29-20(16,6)11-27-15)23-10-14(5)17(25)22-19(23)26/h10,12-13,15-16,18H,7,9,11H2,1-6H3,(H,22,25,26)/t15-,16+,18-,20+,31?/m1/s1/i6D. The van der Waals surface area contributed by atoms with Gasteiger partial charge in [-0.3, -0.25) is 14.3 Å². The molecule has 1 unspecified atom stereocenters. The van der Waals surface area contributed by atoms with Gasteiger partial charge in [0.05, 0.1) is 25.7 Å². The minimum atomic E-state index is -1.59. The van der Waals surface area contributed by atoms with Gasteiger partial charge in [0, 0.05) is 25.2 Å². The van der Waals surface area contributed by atoms with Gasteiger partial charge in [0.15, 0.2) is 6.23 Å². The number of rotatable bonds is 9. The lowest BCUT2D eigenvalue weighted by atomic mass is 10.0. The molecule has 11 heteroatoms. The average Bonchev–Trinajstić information content (AvgIpc) is 3.22. The predicted molar refractivity (Wildman–Crippen MR) is 114 cm³/mol. The fraction of sp³-hybridized carbons (Fsp3) is 0.750. The summed E-state index contributed by atoms with van der Waals surface area (Å²) >= 11 is 0. The van der Waals surface area contributed by atoms with E-state index in [-0.39, 0.29) is 38.6 Å². The molecule has 0 aliphatic carbocycles. The second-order valence-corrected chi connectivity index (χ2v) is 9.81. The fourth-order valence-corrected chi connectivity index (χ4v) is 5.70. The molecular formula is C20H31N4O6P. The van der Waals surface area contributed by atoms with Crippen molar-refractivity contribution in [3.8, 4) is 6.07 Å². The number of nitrogens with zero attached hydrogens (tertiary/aromatic N) is 3. The molecule has 2 bridgehead atoms. The molecule has 1 aromatic heterocycles. The summed E-state index contributed by atoms with van der Waals surface area (Å²) in [4.78, 5) is 26.5. The van der Waals surface area contributed by atoms with Crippen molar-refractivity contribution in [3.63, 3.8) is 0 Å². The molecule has 10 nitrogen and oxygen atoms in total. The van der Waals surface area contributed by atoms with E-state index in [4.69, 9.17) is 25.2 Å². The van der Waals surface area contributed by atoms with E-state index in [1.807, 2.05) is 27.7 Å². The molecule has 0 spiro atoms. The highest BCUT2D eigenvalue weighted by Gasteiger charge is 2.62. The van der Waals surface area contributed by atoms with Crippen molar-refractivity contribution in [2.24, 2.45) is 0 Å². The summed E-state index contributed by atoms with van der Waals surface area (Å²) in [6.45, 7) is 9.98. The number of nitrogens with one attached hydrogen (secondary N) is 1. The van der Waals surface area contributed by atoms with E-state index in [2.05, 4.69) is 15.7 Å². The van der Waals surface area contributed by atoms with E-state index < -0.39 is 43.8 Å². The molecule has 0 radical (unpaired) electrons. The van der Waals surface area contributed by atoms with Crippen molar-refractivity contribution in [2.45, 2.75) is 84.1 Å². The molecule has 0 aromatic carbocycles. The highest BCUT2D eigenvalue weighted by atomic mass is 31.2. The number of aromatic nitrogens is 2. The predicted octanol–water partition coefficient (Wildman–Crippen LogP) is 2.19. The van der Waals surface area contributed by atoms with Crippen LogP contribution in [0, 0.1) is 18.3 Å². The van der Waals surface area contributed by atoms with Gasteiger partial charge in [0.25, 0.3) is 14.1 Å². The first-order valence-electron chi connectivity index (χ1n) is 11.0. The van der Waals surface area contributed by atoms with Crippen LogP contribution >= 0.6 is 8.53 Å². The Hall–Kier alpha value is -1.60. The largest absolute Gasteiger partial charge is 0.368 e. The summed E-state index contributed by atoms with van der Waals surface area (Å²) in [5.74, 6) is 0. The minimum Gasteiger partial charge on any atom is -0.368 e. The van der Waals surface area contributed by atoms with Gasteiger partial charge in [0.1, 0.15) is 17.8 Å². The summed E-state index contributed by atoms with van der Waals surface area (Å²) in [5, 5.41) is 8.92. The summed E-state index contributed by atoms with van der Waals surface area (Å²) < 4.78 is 36.1. The summed E-state index contributed by atoms with van der Waals surface area (Å²) in [6.07, 6.45) is -0.493. The molecule has 0 amide bonds. The number of aromatic amines is 1. The molecule has 2 aliphatic heterocycles. The molecule has 2 fully saturated rings. The highest BCUT2D eigenvalue weighted by molar-refractivity contribution is 7.44. The van der Waals surface area contributed by atoms with Gasteiger partial charge in [-0.05, 0) is 41.5 Å². The SMILES string of the molecule is [2H]C[C@@]12CO[C@@H]([C@H](n3cc(C)c(=O)[nH]c3=O)O1)[C@@H]2OP(OCCC#N)N(C(C)C)C(C)C. The maximum atomic E-state index is 12.5. The third-order valence-electron chi connectivity index (χ3n) is 5.26. The van der Waals surface area contributed by atoms with Crippen LogP contribution in [0.25, 0.3) is 0 Å². The van der Waals surface area contributed by atoms with E-state index in [1.165, 1.54) is 10.8 Å². The van der Waals surface area contributed by atoms with Gasteiger partial charge in [-0.1, -0.05) is 0 Å². The van der Waals surface area contributed by atoms with Crippen molar-refractivity contribution in [1.29, 1.82) is 5.26 Å². The first kappa shape index (κ1) is 22.6. The Kier molecular flexibility index (Phi) is 6.92. The van der Waals surface area contributed by atoms with Crippen LogP contribution in [-0.4, -0.2) is 57.3 Å². The zero-order chi connectivity index (χ0) is 23.6. The van der Waals surface area contributed by atoms with Crippen molar-refractivity contribution in [2.75, 3.05) is 13.2 Å². The molecule has 3 rings (SSSR count). The van der Waals surface area contributed by atoms with Crippen LogP contribution in [0.5, 0.6) is 0 Å². The van der Waals surface area contributed by atoms with E-state index >= 15 is 0 Å². The Balaban J connectivity index is 1.93. The number of H-pyrrole nitrogens is 1. The van der Waals surface area contributed by atoms with Crippen LogP contribution in [0.15, 0.2) is 15.8 Å². The zero-order valence-corrected chi connectivity index (χ0v) is 19.4. The molecule has 2 aliphatic rings. The van der Waals surface area contributed by atoms with Crippen molar-refractivity contribution in [3.05, 3.63) is 32.6 Å². The van der Waals surface area contributed by atoms with Gasteiger partial charge in [-0.25, -0.2) is 9.46 Å². The Morgan fingerprint density at radius 3 is 2.77 bits per heavy atom. The Morgan fingerprint density at radius 1 is 1.45 bits per heavy atom.